The number of nitrogens with one attached hydrogen (secondary N) is 1. The van der Waals surface area contributed by atoms with Crippen LogP contribution in [-0.4, -0.2) is 22.1 Å². The van der Waals surface area contributed by atoms with E-state index in [2.05, 4.69) is 20.5 Å². The van der Waals surface area contributed by atoms with Crippen LogP contribution in [0.15, 0.2) is 89.2 Å². The molecule has 2 aromatic carbocycles. The Kier molecular flexibility index (Phi) is 7.03. The molecule has 4 aromatic rings. The molecule has 4 rings (SSSR count). The van der Waals surface area contributed by atoms with Gasteiger partial charge in [-0.2, -0.15) is 4.99 Å². The average molecular weight is 459 g/mol. The monoisotopic (exact) mass is 458 g/mol. The summed E-state index contributed by atoms with van der Waals surface area (Å²) in [5, 5.41) is 13.2. The smallest absolute Gasteiger partial charge is 0.313 e. The maximum atomic E-state index is 12.4. The number of carbonyl (C=O) groups excluding carboxylic acids is 1. The number of aromatic nitrogens is 2. The zero-order valence-corrected chi connectivity index (χ0v) is 18.4. The number of aliphatic imine (C=N–C) groups is 1. The molecule has 8 nitrogen and oxygen atoms in total. The minimum absolute atomic E-state index is 0.0573. The summed E-state index contributed by atoms with van der Waals surface area (Å²) >= 11 is 1.50. The van der Waals surface area contributed by atoms with Gasteiger partial charge in [-0.25, -0.2) is 0 Å². The number of guanidine groups is 1. The highest BCUT2D eigenvalue weighted by atomic mass is 32.1. The summed E-state index contributed by atoms with van der Waals surface area (Å²) in [4.78, 5) is 17.6. The van der Waals surface area contributed by atoms with E-state index in [1.54, 1.807) is 30.3 Å². The minimum Gasteiger partial charge on any atom is -0.424 e. The number of rotatable bonds is 7. The molecule has 0 aliphatic rings. The Morgan fingerprint density at radius 2 is 1.79 bits per heavy atom. The van der Waals surface area contributed by atoms with E-state index in [-0.39, 0.29) is 12.4 Å². The predicted molar refractivity (Wildman–Crippen MR) is 130 cm³/mol. The lowest BCUT2D eigenvalue weighted by Gasteiger charge is -2.13. The third-order valence-corrected chi connectivity index (χ3v) is 5.63. The first-order valence-electron chi connectivity index (χ1n) is 10.2. The summed E-state index contributed by atoms with van der Waals surface area (Å²) < 4.78 is 5.51. The normalized spacial score (nSPS) is 12.2. The Bertz CT molecular complexity index is 1230. The number of anilines is 1. The van der Waals surface area contributed by atoms with Gasteiger partial charge in [-0.1, -0.05) is 48.5 Å². The summed E-state index contributed by atoms with van der Waals surface area (Å²) in [6, 6.07) is 23.6. The summed E-state index contributed by atoms with van der Waals surface area (Å²) in [6.45, 7) is 0. The van der Waals surface area contributed by atoms with Gasteiger partial charge in [0, 0.05) is 16.5 Å². The van der Waals surface area contributed by atoms with Crippen molar-refractivity contribution in [2.24, 2.45) is 16.5 Å². The van der Waals surface area contributed by atoms with Crippen molar-refractivity contribution in [3.05, 3.63) is 89.1 Å². The number of nitrogens with two attached hydrogens (primary N) is 2. The first-order valence-corrected chi connectivity index (χ1v) is 11.1. The molecular formula is C24H22N6O2S. The molecule has 1 unspecified atom stereocenters. The summed E-state index contributed by atoms with van der Waals surface area (Å²) in [5.74, 6) is 0.305. The van der Waals surface area contributed by atoms with E-state index in [9.17, 15) is 4.79 Å². The molecule has 0 aliphatic heterocycles. The SMILES string of the molecule is NC(=Nc1ccc(-c2ccccc2)nn1)Nc1ccccc1OC(=O)CC(N)c1cccs1. The van der Waals surface area contributed by atoms with Gasteiger partial charge in [-0.3, -0.25) is 4.79 Å². The van der Waals surface area contributed by atoms with E-state index in [1.807, 2.05) is 53.9 Å². The van der Waals surface area contributed by atoms with Crippen LogP contribution in [0.3, 0.4) is 0 Å². The Balaban J connectivity index is 1.41. The molecule has 0 radical (unpaired) electrons. The Morgan fingerprint density at radius 1 is 1.00 bits per heavy atom. The van der Waals surface area contributed by atoms with Crippen molar-refractivity contribution in [3.63, 3.8) is 0 Å². The van der Waals surface area contributed by atoms with Crippen molar-refractivity contribution < 1.29 is 9.53 Å². The molecule has 0 amide bonds. The van der Waals surface area contributed by atoms with Crippen molar-refractivity contribution in [3.8, 4) is 17.0 Å². The van der Waals surface area contributed by atoms with Crippen LogP contribution >= 0.6 is 11.3 Å². The molecule has 0 spiro atoms. The Labute approximate surface area is 195 Å². The number of para-hydroxylation sites is 2. The first-order chi connectivity index (χ1) is 16.1. The van der Waals surface area contributed by atoms with E-state index in [1.165, 1.54) is 11.3 Å². The number of carbonyl (C=O) groups is 1. The fraction of sp³-hybridized carbons (Fsp3) is 0.0833. The Morgan fingerprint density at radius 3 is 2.52 bits per heavy atom. The van der Waals surface area contributed by atoms with Gasteiger partial charge in [0.05, 0.1) is 17.8 Å². The molecular weight excluding hydrogens is 436 g/mol. The molecule has 1 atom stereocenters. The average Bonchev–Trinajstić information content (AvgIpc) is 3.37. The topological polar surface area (TPSA) is 129 Å². The van der Waals surface area contributed by atoms with Crippen LogP contribution in [0.5, 0.6) is 5.75 Å². The van der Waals surface area contributed by atoms with Crippen molar-refractivity contribution >= 4 is 34.8 Å². The van der Waals surface area contributed by atoms with Gasteiger partial charge in [0.1, 0.15) is 0 Å². The first kappa shape index (κ1) is 22.1. The quantitative estimate of drug-likeness (QED) is 0.163. The second-order valence-corrected chi connectivity index (χ2v) is 8.04. The zero-order chi connectivity index (χ0) is 23.0. The highest BCUT2D eigenvalue weighted by Crippen LogP contribution is 2.26. The molecule has 0 fully saturated rings. The molecule has 166 valence electrons. The van der Waals surface area contributed by atoms with Gasteiger partial charge in [0.2, 0.25) is 0 Å². The number of hydrogen-bond acceptors (Lipinski definition) is 7. The maximum absolute atomic E-state index is 12.4. The molecule has 0 saturated heterocycles. The van der Waals surface area contributed by atoms with Crippen molar-refractivity contribution in [1.82, 2.24) is 10.2 Å². The van der Waals surface area contributed by atoms with Gasteiger partial charge < -0.3 is 21.5 Å². The van der Waals surface area contributed by atoms with Gasteiger partial charge in [0.15, 0.2) is 17.5 Å². The molecule has 0 bridgehead atoms. The van der Waals surface area contributed by atoms with E-state index < -0.39 is 12.0 Å². The van der Waals surface area contributed by atoms with Crippen LogP contribution in [0, 0.1) is 0 Å². The van der Waals surface area contributed by atoms with Gasteiger partial charge >= 0.3 is 5.97 Å². The second-order valence-electron chi connectivity index (χ2n) is 7.06. The van der Waals surface area contributed by atoms with Gasteiger partial charge in [-0.05, 0) is 35.7 Å². The van der Waals surface area contributed by atoms with Crippen molar-refractivity contribution in [2.45, 2.75) is 12.5 Å². The highest BCUT2D eigenvalue weighted by molar-refractivity contribution is 7.10. The van der Waals surface area contributed by atoms with Crippen molar-refractivity contribution in [2.75, 3.05) is 5.32 Å². The number of hydrogen-bond donors (Lipinski definition) is 3. The molecule has 2 heterocycles. The standard InChI is InChI=1S/C24H22N6O2S/c25-17(21-11-6-14-33-21)15-23(31)32-20-10-5-4-9-19(20)27-24(26)28-22-13-12-18(29-30-22)16-7-2-1-3-8-16/h1-14,17H,15,25H2,(H3,26,27,28,30). The van der Waals surface area contributed by atoms with Crippen LogP contribution < -0.4 is 21.5 Å². The fourth-order valence-corrected chi connectivity index (χ4v) is 3.77. The molecule has 0 aliphatic carbocycles. The molecule has 2 aromatic heterocycles. The number of nitrogens with zero attached hydrogens (tertiary/aromatic N) is 3. The highest BCUT2D eigenvalue weighted by Gasteiger charge is 2.16. The van der Waals surface area contributed by atoms with Crippen LogP contribution in [0.4, 0.5) is 11.5 Å². The summed E-state index contributed by atoms with van der Waals surface area (Å²) in [5.41, 5.74) is 14.3. The van der Waals surface area contributed by atoms with Crippen LogP contribution in [0.1, 0.15) is 17.3 Å². The molecule has 33 heavy (non-hydrogen) atoms. The lowest BCUT2D eigenvalue weighted by Crippen LogP contribution is -2.23. The van der Waals surface area contributed by atoms with E-state index in [0.29, 0.717) is 17.3 Å². The largest absolute Gasteiger partial charge is 0.424 e. The number of benzene rings is 2. The summed E-state index contributed by atoms with van der Waals surface area (Å²) in [6.07, 6.45) is 0.0573. The van der Waals surface area contributed by atoms with E-state index in [4.69, 9.17) is 16.2 Å². The summed E-state index contributed by atoms with van der Waals surface area (Å²) in [7, 11) is 0. The number of esters is 1. The maximum Gasteiger partial charge on any atom is 0.313 e. The third-order valence-electron chi connectivity index (χ3n) is 4.62. The number of thiophene rings is 1. The lowest BCUT2D eigenvalue weighted by atomic mass is 10.1. The number of ether oxygens (including phenoxy) is 1. The van der Waals surface area contributed by atoms with Gasteiger partial charge in [-0.15, -0.1) is 21.5 Å². The van der Waals surface area contributed by atoms with E-state index >= 15 is 0 Å². The zero-order valence-electron chi connectivity index (χ0n) is 17.6. The lowest BCUT2D eigenvalue weighted by molar-refractivity contribution is -0.134. The van der Waals surface area contributed by atoms with Crippen LogP contribution in [0.2, 0.25) is 0 Å². The van der Waals surface area contributed by atoms with E-state index in [0.717, 1.165) is 16.1 Å². The third kappa shape index (κ3) is 6.00. The molecule has 5 N–H and O–H groups in total. The second kappa shape index (κ2) is 10.5. The molecule has 0 saturated carbocycles. The predicted octanol–water partition coefficient (Wildman–Crippen LogP) is 4.26. The van der Waals surface area contributed by atoms with Crippen molar-refractivity contribution in [1.29, 1.82) is 0 Å². The van der Waals surface area contributed by atoms with Gasteiger partial charge in [0.25, 0.3) is 0 Å². The molecule has 9 heteroatoms. The van der Waals surface area contributed by atoms with Crippen LogP contribution in [0.25, 0.3) is 11.3 Å². The van der Waals surface area contributed by atoms with Crippen LogP contribution in [-0.2, 0) is 4.79 Å². The Hall–Kier alpha value is -4.08. The minimum atomic E-state index is -0.442. The fourth-order valence-electron chi connectivity index (χ4n) is 3.04.